The number of hydrogen-bond donors (Lipinski definition) is 0. The number of aromatic nitrogens is 4. The first-order valence-corrected chi connectivity index (χ1v) is 12.1. The number of piperidine rings is 1. The summed E-state index contributed by atoms with van der Waals surface area (Å²) in [5.41, 5.74) is 2.48. The van der Waals surface area contributed by atoms with Gasteiger partial charge in [0.2, 0.25) is 15.0 Å². The highest BCUT2D eigenvalue weighted by atomic mass is 32.2. The summed E-state index contributed by atoms with van der Waals surface area (Å²) in [5, 5.41) is 14.3. The topological polar surface area (TPSA) is 80.5 Å². The molecule has 0 atom stereocenters. The number of hydrogen-bond acceptors (Lipinski definition) is 6. The van der Waals surface area contributed by atoms with E-state index in [4.69, 9.17) is 5.10 Å². The normalized spacial score (nSPS) is 17.4. The SMILES string of the molecule is CC(C)(C)c1ccc(-c2nn3c(C4CCN(S(C)(=O)=O)CC4)nnc3s2)cc1. The first-order chi connectivity index (χ1) is 13.1. The molecule has 1 aliphatic heterocycles. The van der Waals surface area contributed by atoms with Gasteiger partial charge in [-0.15, -0.1) is 10.2 Å². The van der Waals surface area contributed by atoms with Crippen molar-refractivity contribution >= 4 is 26.3 Å². The van der Waals surface area contributed by atoms with Crippen LogP contribution in [0.25, 0.3) is 15.5 Å². The van der Waals surface area contributed by atoms with Crippen molar-refractivity contribution in [2.45, 2.75) is 44.9 Å². The van der Waals surface area contributed by atoms with E-state index in [1.165, 1.54) is 27.5 Å². The summed E-state index contributed by atoms with van der Waals surface area (Å²) in [6.45, 7) is 7.64. The first-order valence-electron chi connectivity index (χ1n) is 9.41. The van der Waals surface area contributed by atoms with Crippen molar-refractivity contribution in [1.29, 1.82) is 0 Å². The molecule has 0 spiro atoms. The summed E-state index contributed by atoms with van der Waals surface area (Å²) in [4.78, 5) is 0.774. The molecule has 1 aromatic carbocycles. The molecule has 150 valence electrons. The molecule has 0 unspecified atom stereocenters. The molecule has 0 amide bonds. The van der Waals surface area contributed by atoms with Crippen LogP contribution >= 0.6 is 11.3 Å². The Balaban J connectivity index is 1.58. The van der Waals surface area contributed by atoms with Crippen molar-refractivity contribution in [1.82, 2.24) is 24.1 Å². The Hall–Kier alpha value is -1.84. The van der Waals surface area contributed by atoms with Gasteiger partial charge in [0.25, 0.3) is 0 Å². The largest absolute Gasteiger partial charge is 0.234 e. The van der Waals surface area contributed by atoms with Crippen molar-refractivity contribution in [2.24, 2.45) is 0 Å². The fourth-order valence-electron chi connectivity index (χ4n) is 3.56. The van der Waals surface area contributed by atoms with E-state index >= 15 is 0 Å². The van der Waals surface area contributed by atoms with Crippen LogP contribution in [-0.2, 0) is 15.4 Å². The minimum atomic E-state index is -3.13. The zero-order chi connectivity index (χ0) is 20.1. The van der Waals surface area contributed by atoms with E-state index in [1.807, 2.05) is 4.52 Å². The lowest BCUT2D eigenvalue weighted by Gasteiger charge is -2.28. The molecule has 3 heterocycles. The Kier molecular flexibility index (Phi) is 4.79. The van der Waals surface area contributed by atoms with Crippen LogP contribution in [0.2, 0.25) is 0 Å². The van der Waals surface area contributed by atoms with Gasteiger partial charge in [0, 0.05) is 24.6 Å². The third-order valence-corrected chi connectivity index (χ3v) is 7.55. The van der Waals surface area contributed by atoms with Crippen molar-refractivity contribution in [3.05, 3.63) is 35.7 Å². The molecule has 1 aliphatic rings. The minimum Gasteiger partial charge on any atom is -0.213 e. The molecule has 0 N–H and O–H groups in total. The van der Waals surface area contributed by atoms with E-state index in [-0.39, 0.29) is 11.3 Å². The molecule has 1 fully saturated rings. The third kappa shape index (κ3) is 3.70. The highest BCUT2D eigenvalue weighted by Gasteiger charge is 2.29. The van der Waals surface area contributed by atoms with Gasteiger partial charge >= 0.3 is 0 Å². The summed E-state index contributed by atoms with van der Waals surface area (Å²) in [7, 11) is -3.13. The Bertz CT molecular complexity index is 1090. The van der Waals surface area contributed by atoms with E-state index in [1.54, 1.807) is 0 Å². The van der Waals surface area contributed by atoms with E-state index < -0.39 is 10.0 Å². The molecule has 3 aromatic rings. The van der Waals surface area contributed by atoms with Gasteiger partial charge in [-0.05, 0) is 23.8 Å². The number of sulfonamides is 1. The van der Waals surface area contributed by atoms with Gasteiger partial charge < -0.3 is 0 Å². The average Bonchev–Trinajstić information content (AvgIpc) is 3.21. The van der Waals surface area contributed by atoms with E-state index in [0.29, 0.717) is 13.1 Å². The van der Waals surface area contributed by atoms with Gasteiger partial charge in [-0.2, -0.15) is 9.61 Å². The monoisotopic (exact) mass is 419 g/mol. The lowest BCUT2D eigenvalue weighted by atomic mass is 9.87. The molecule has 0 radical (unpaired) electrons. The van der Waals surface area contributed by atoms with Gasteiger partial charge in [0.05, 0.1) is 6.26 Å². The van der Waals surface area contributed by atoms with Crippen LogP contribution in [0.15, 0.2) is 24.3 Å². The second kappa shape index (κ2) is 6.89. The first kappa shape index (κ1) is 19.5. The third-order valence-electron chi connectivity index (χ3n) is 5.30. The van der Waals surface area contributed by atoms with Gasteiger partial charge in [0.1, 0.15) is 5.01 Å². The van der Waals surface area contributed by atoms with E-state index in [0.717, 1.165) is 34.2 Å². The van der Waals surface area contributed by atoms with Crippen molar-refractivity contribution < 1.29 is 8.42 Å². The van der Waals surface area contributed by atoms with Crippen LogP contribution in [0.1, 0.15) is 50.9 Å². The molecule has 2 aromatic heterocycles. The Morgan fingerprint density at radius 1 is 1.07 bits per heavy atom. The molecule has 0 saturated carbocycles. The number of fused-ring (bicyclic) bond motifs is 1. The maximum atomic E-state index is 11.7. The predicted molar refractivity (Wildman–Crippen MR) is 111 cm³/mol. The van der Waals surface area contributed by atoms with Crippen molar-refractivity contribution in [3.8, 4) is 10.6 Å². The molecule has 0 aliphatic carbocycles. The second-order valence-electron chi connectivity index (χ2n) is 8.42. The smallest absolute Gasteiger partial charge is 0.213 e. The predicted octanol–water partition coefficient (Wildman–Crippen LogP) is 3.29. The minimum absolute atomic E-state index is 0.119. The number of rotatable bonds is 3. The summed E-state index contributed by atoms with van der Waals surface area (Å²) in [6, 6.07) is 8.52. The molecule has 4 rings (SSSR count). The molecule has 9 heteroatoms. The maximum Gasteiger partial charge on any atom is 0.234 e. The lowest BCUT2D eigenvalue weighted by Crippen LogP contribution is -2.37. The Morgan fingerprint density at radius 2 is 1.71 bits per heavy atom. The van der Waals surface area contributed by atoms with Crippen LogP contribution in [0.3, 0.4) is 0 Å². The Morgan fingerprint density at radius 3 is 2.29 bits per heavy atom. The van der Waals surface area contributed by atoms with Crippen molar-refractivity contribution in [2.75, 3.05) is 19.3 Å². The van der Waals surface area contributed by atoms with Crippen LogP contribution in [-0.4, -0.2) is 51.9 Å². The Labute approximate surface area is 169 Å². The second-order valence-corrected chi connectivity index (χ2v) is 11.4. The summed E-state index contributed by atoms with van der Waals surface area (Å²) >= 11 is 1.53. The van der Waals surface area contributed by atoms with Crippen molar-refractivity contribution in [3.63, 3.8) is 0 Å². The fraction of sp³-hybridized carbons (Fsp3) is 0.526. The average molecular weight is 420 g/mol. The number of nitrogens with zero attached hydrogens (tertiary/aromatic N) is 5. The molecule has 1 saturated heterocycles. The summed E-state index contributed by atoms with van der Waals surface area (Å²) in [6.07, 6.45) is 2.74. The van der Waals surface area contributed by atoms with Crippen LogP contribution in [0.5, 0.6) is 0 Å². The maximum absolute atomic E-state index is 11.7. The molecule has 7 nitrogen and oxygen atoms in total. The van der Waals surface area contributed by atoms with Gasteiger partial charge in [-0.3, -0.25) is 0 Å². The van der Waals surface area contributed by atoms with Gasteiger partial charge in [-0.25, -0.2) is 12.7 Å². The number of benzene rings is 1. The summed E-state index contributed by atoms with van der Waals surface area (Å²) in [5.74, 6) is 1.00. The lowest BCUT2D eigenvalue weighted by molar-refractivity contribution is 0.313. The zero-order valence-corrected chi connectivity index (χ0v) is 18.2. The highest BCUT2D eigenvalue weighted by Crippen LogP contribution is 2.32. The van der Waals surface area contributed by atoms with Crippen LogP contribution < -0.4 is 0 Å². The van der Waals surface area contributed by atoms with E-state index in [2.05, 4.69) is 55.2 Å². The summed E-state index contributed by atoms with van der Waals surface area (Å²) < 4.78 is 26.8. The highest BCUT2D eigenvalue weighted by molar-refractivity contribution is 7.88. The zero-order valence-electron chi connectivity index (χ0n) is 16.6. The standard InChI is InChI=1S/C19H25N5O2S2/c1-19(2,3)15-7-5-14(6-8-15)17-22-24-16(20-21-18(24)27-17)13-9-11-23(12-10-13)28(4,25)26/h5-8,13H,9-12H2,1-4H3. The van der Waals surface area contributed by atoms with Crippen LogP contribution in [0.4, 0.5) is 0 Å². The quantitative estimate of drug-likeness (QED) is 0.651. The molecule has 0 bridgehead atoms. The van der Waals surface area contributed by atoms with Crippen LogP contribution in [0, 0.1) is 0 Å². The molecular formula is C19H25N5O2S2. The molecular weight excluding hydrogens is 394 g/mol. The van der Waals surface area contributed by atoms with E-state index in [9.17, 15) is 8.42 Å². The van der Waals surface area contributed by atoms with Gasteiger partial charge in [-0.1, -0.05) is 56.4 Å². The fourth-order valence-corrected chi connectivity index (χ4v) is 5.29. The van der Waals surface area contributed by atoms with Gasteiger partial charge in [0.15, 0.2) is 5.82 Å². The molecule has 28 heavy (non-hydrogen) atoms.